The van der Waals surface area contributed by atoms with E-state index < -0.39 is 32.3 Å². The van der Waals surface area contributed by atoms with Crippen molar-refractivity contribution in [3.05, 3.63) is 133 Å². The average molecular weight is 738 g/mol. The van der Waals surface area contributed by atoms with Crippen LogP contribution in [0.15, 0.2) is 133 Å². The summed E-state index contributed by atoms with van der Waals surface area (Å²) in [5.74, 6) is 0. The number of halogens is 2. The second-order valence-corrected chi connectivity index (χ2v) is 15.4. The molecule has 0 aromatic heterocycles. The van der Waals surface area contributed by atoms with Crippen LogP contribution >= 0.6 is 23.2 Å². The van der Waals surface area contributed by atoms with Crippen LogP contribution in [0.3, 0.4) is 0 Å². The number of methoxy groups -OCH3 is 4. The molecule has 0 aliphatic rings. The summed E-state index contributed by atoms with van der Waals surface area (Å²) < 4.78 is 75.7. The molecule has 0 aliphatic heterocycles. The fourth-order valence-corrected chi connectivity index (χ4v) is 7.56. The van der Waals surface area contributed by atoms with Gasteiger partial charge in [0.2, 0.25) is 19.7 Å². The normalized spacial score (nSPS) is 14.0. The maximum atomic E-state index is 13.6. The molecule has 0 spiro atoms. The van der Waals surface area contributed by atoms with Gasteiger partial charge >= 0.3 is 0 Å². The molecule has 0 atom stereocenters. The van der Waals surface area contributed by atoms with E-state index in [2.05, 4.69) is 5.73 Å². The highest BCUT2D eigenvalue weighted by molar-refractivity contribution is 7.95. The highest BCUT2D eigenvalue weighted by Gasteiger charge is 2.22. The van der Waals surface area contributed by atoms with Crippen LogP contribution in [-0.4, -0.2) is 57.9 Å². The Balaban J connectivity index is 2.55. The van der Waals surface area contributed by atoms with E-state index in [9.17, 15) is 16.8 Å². The number of rotatable bonds is 16. The minimum absolute atomic E-state index is 0.0131. The zero-order valence-corrected chi connectivity index (χ0v) is 31.4. The van der Waals surface area contributed by atoms with Crippen molar-refractivity contribution in [3.8, 4) is 0 Å². The van der Waals surface area contributed by atoms with Crippen LogP contribution in [0.1, 0.15) is 34.1 Å². The third-order valence-electron chi connectivity index (χ3n) is 6.82. The first kappa shape index (κ1) is 41.2. The molecule has 260 valence electrons. The van der Waals surface area contributed by atoms with Crippen molar-refractivity contribution in [1.82, 2.24) is 0 Å². The molecule has 0 amide bonds. The van der Waals surface area contributed by atoms with Crippen molar-refractivity contribution < 1.29 is 35.8 Å². The van der Waals surface area contributed by atoms with Gasteiger partial charge in [-0.05, 0) is 130 Å². The summed E-state index contributed by atoms with van der Waals surface area (Å²) in [5, 5.41) is 0.832. The van der Waals surface area contributed by atoms with Crippen LogP contribution in [0.4, 0.5) is 0 Å². The molecular weight excluding hydrogens is 695 g/mol. The lowest BCUT2D eigenvalue weighted by atomic mass is 10.2. The largest absolute Gasteiger partial charge is 0.352 e. The predicted molar refractivity (Wildman–Crippen MR) is 192 cm³/mol. The van der Waals surface area contributed by atoms with Crippen molar-refractivity contribution in [1.29, 1.82) is 0 Å². The zero-order chi connectivity index (χ0) is 36.1. The molecule has 2 aromatic carbocycles. The zero-order valence-electron chi connectivity index (χ0n) is 28.3. The Morgan fingerprint density at radius 2 is 1.02 bits per heavy atom. The predicted octanol–water partition coefficient (Wildman–Crippen LogP) is 8.58. The highest BCUT2D eigenvalue weighted by atomic mass is 35.5. The first-order valence-electron chi connectivity index (χ1n) is 14.6. The molecule has 2 rings (SSSR count). The van der Waals surface area contributed by atoms with Crippen LogP contribution in [-0.2, 0) is 38.6 Å². The maximum Gasteiger partial charge on any atom is 0.206 e. The lowest BCUT2D eigenvalue weighted by Gasteiger charge is -2.15. The van der Waals surface area contributed by atoms with Gasteiger partial charge in [-0.1, -0.05) is 34.9 Å². The van der Waals surface area contributed by atoms with Gasteiger partial charge in [-0.2, -0.15) is 0 Å². The van der Waals surface area contributed by atoms with Crippen molar-refractivity contribution in [2.24, 2.45) is 0 Å². The molecule has 0 fully saturated rings. The Kier molecular flexibility index (Phi) is 16.5. The molecule has 0 saturated heterocycles. The van der Waals surface area contributed by atoms with Gasteiger partial charge in [0.15, 0.2) is 12.6 Å². The fraction of sp³-hybridized carbons (Fsp3) is 0.306. The van der Waals surface area contributed by atoms with E-state index in [1.54, 1.807) is 39.8 Å². The second-order valence-electron chi connectivity index (χ2n) is 10.6. The first-order valence-corrected chi connectivity index (χ1v) is 18.3. The van der Waals surface area contributed by atoms with E-state index in [1.165, 1.54) is 95.2 Å². The number of ether oxygens (including phenoxy) is 4. The van der Waals surface area contributed by atoms with E-state index in [0.717, 1.165) is 0 Å². The first-order chi connectivity index (χ1) is 22.6. The Morgan fingerprint density at radius 1 is 0.646 bits per heavy atom. The van der Waals surface area contributed by atoms with Gasteiger partial charge in [-0.3, -0.25) is 0 Å². The third kappa shape index (κ3) is 11.8. The van der Waals surface area contributed by atoms with Gasteiger partial charge in [-0.25, -0.2) is 16.8 Å². The molecule has 0 saturated carbocycles. The van der Waals surface area contributed by atoms with Gasteiger partial charge in [-0.15, -0.1) is 5.73 Å². The van der Waals surface area contributed by atoms with Crippen molar-refractivity contribution >= 4 is 42.9 Å². The number of sulfone groups is 2. The lowest BCUT2D eigenvalue weighted by molar-refractivity contribution is -0.0748. The van der Waals surface area contributed by atoms with Crippen molar-refractivity contribution in [2.75, 3.05) is 28.4 Å². The Bertz CT molecular complexity index is 1840. The van der Waals surface area contributed by atoms with Gasteiger partial charge in [0.1, 0.15) is 0 Å². The van der Waals surface area contributed by atoms with Crippen molar-refractivity contribution in [3.63, 3.8) is 0 Å². The highest BCUT2D eigenvalue weighted by Crippen LogP contribution is 2.27. The SMILES string of the molecule is COC(OC)/C(C)=C/C(=C/C(C)=C=CC/C=C(C)/C=C(/C=C(\C)C(OC)OC)S(=O)(=O)c1ccc(Cl)cc1)S(=O)(=O)c1ccc(Cl)cc1. The molecule has 0 aliphatic carbocycles. The average Bonchev–Trinajstić information content (AvgIpc) is 3.04. The molecule has 0 heterocycles. The molecule has 0 unspecified atom stereocenters. The fourth-order valence-electron chi connectivity index (χ4n) is 4.42. The van der Waals surface area contributed by atoms with E-state index in [0.29, 0.717) is 38.8 Å². The monoisotopic (exact) mass is 736 g/mol. The lowest BCUT2D eigenvalue weighted by Crippen LogP contribution is -2.15. The molecule has 8 nitrogen and oxygen atoms in total. The van der Waals surface area contributed by atoms with E-state index in [1.807, 2.05) is 6.08 Å². The van der Waals surface area contributed by atoms with Gasteiger partial charge in [0.25, 0.3) is 0 Å². The molecule has 48 heavy (non-hydrogen) atoms. The Hall–Kier alpha value is -3.02. The minimum atomic E-state index is -3.94. The summed E-state index contributed by atoms with van der Waals surface area (Å²) in [5.41, 5.74) is 5.40. The second kappa shape index (κ2) is 19.2. The van der Waals surface area contributed by atoms with Crippen LogP contribution in [0.25, 0.3) is 0 Å². The van der Waals surface area contributed by atoms with Crippen molar-refractivity contribution in [2.45, 2.75) is 56.5 Å². The topological polar surface area (TPSA) is 105 Å². The molecule has 0 radical (unpaired) electrons. The number of hydrogen-bond acceptors (Lipinski definition) is 8. The summed E-state index contributed by atoms with van der Waals surface area (Å²) in [6.07, 6.45) is 8.54. The summed E-state index contributed by atoms with van der Waals surface area (Å²) in [6, 6.07) is 11.8. The van der Waals surface area contributed by atoms with E-state index in [-0.39, 0.29) is 19.6 Å². The Morgan fingerprint density at radius 3 is 1.40 bits per heavy atom. The van der Waals surface area contributed by atoms with Crippen LogP contribution in [0, 0.1) is 0 Å². The summed E-state index contributed by atoms with van der Waals surface area (Å²) in [7, 11) is -2.01. The summed E-state index contributed by atoms with van der Waals surface area (Å²) >= 11 is 12.0. The Labute approximate surface area is 295 Å². The summed E-state index contributed by atoms with van der Waals surface area (Å²) in [6.45, 7) is 6.93. The van der Waals surface area contributed by atoms with Gasteiger partial charge in [0, 0.05) is 38.5 Å². The summed E-state index contributed by atoms with van der Waals surface area (Å²) in [4.78, 5) is 0.215. The molecule has 0 bridgehead atoms. The quantitative estimate of drug-likeness (QED) is 0.0959. The molecule has 0 N–H and O–H groups in total. The van der Waals surface area contributed by atoms with Crippen LogP contribution in [0.5, 0.6) is 0 Å². The van der Waals surface area contributed by atoms with E-state index in [4.69, 9.17) is 42.1 Å². The molecular formula is C36H42Cl2O8S2. The smallest absolute Gasteiger partial charge is 0.206 e. The van der Waals surface area contributed by atoms with Crippen LogP contribution < -0.4 is 0 Å². The minimum Gasteiger partial charge on any atom is -0.352 e. The standard InChI is InChI=1S/C36H42Cl2O8S2/c1-25(21-33(23-27(3)35(43-5)44-6)47(39,40)31-17-13-29(37)14-18-31)11-9-10-12-26(2)22-34(24-28(4)36(45-7)46-8)48(41,42)32-19-15-30(38)16-20-32/h9,12-24,35-36H,10H2,1-8H3/b26-12+,27-23+,28-24+,33-21-,34-22-. The third-order valence-corrected chi connectivity index (χ3v) is 10.8. The molecule has 12 heteroatoms. The van der Waals surface area contributed by atoms with E-state index >= 15 is 0 Å². The number of allylic oxidation sites excluding steroid dienone is 7. The maximum absolute atomic E-state index is 13.6. The van der Waals surface area contributed by atoms with Crippen LogP contribution in [0.2, 0.25) is 10.0 Å². The number of hydrogen-bond donors (Lipinski definition) is 0. The molecule has 2 aromatic rings. The number of benzene rings is 2. The van der Waals surface area contributed by atoms with Gasteiger partial charge in [0.05, 0.1) is 19.6 Å². The van der Waals surface area contributed by atoms with Gasteiger partial charge < -0.3 is 18.9 Å².